The Labute approximate surface area is 215 Å². The molecule has 0 atom stereocenters. The molecule has 0 saturated heterocycles. The van der Waals surface area contributed by atoms with Crippen LogP contribution in [-0.2, 0) is 28.8 Å². The van der Waals surface area contributed by atoms with Crippen LogP contribution in [0.15, 0.2) is 0 Å². The van der Waals surface area contributed by atoms with Crippen molar-refractivity contribution in [3.8, 4) is 0 Å². The molecule has 0 heterocycles. The number of carbonyl (C=O) groups is 6. The summed E-state index contributed by atoms with van der Waals surface area (Å²) < 4.78 is 0. The molecule has 0 bridgehead atoms. The highest BCUT2D eigenvalue weighted by Crippen LogP contribution is 1.97. The van der Waals surface area contributed by atoms with Crippen molar-refractivity contribution in [2.45, 2.75) is 40.0 Å². The summed E-state index contributed by atoms with van der Waals surface area (Å²) >= 11 is 0. The summed E-state index contributed by atoms with van der Waals surface area (Å²) in [7, 11) is 0. The van der Waals surface area contributed by atoms with Crippen LogP contribution < -0.4 is 16.0 Å². The summed E-state index contributed by atoms with van der Waals surface area (Å²) in [4.78, 5) is 70.2. The quantitative estimate of drug-likeness (QED) is 0.0620. The molecule has 0 spiro atoms. The molecule has 16 nitrogen and oxygen atoms in total. The first-order valence-corrected chi connectivity index (χ1v) is 11.8. The minimum atomic E-state index is -0.651. The van der Waals surface area contributed by atoms with Gasteiger partial charge in [-0.2, -0.15) is 0 Å². The highest BCUT2D eigenvalue weighted by molar-refractivity contribution is 5.84. The molecule has 0 aliphatic carbocycles. The van der Waals surface area contributed by atoms with Crippen LogP contribution in [0.4, 0.5) is 0 Å². The number of hydroxylamine groups is 6. The van der Waals surface area contributed by atoms with Crippen LogP contribution in [0.2, 0.25) is 0 Å². The molecule has 0 aliphatic rings. The van der Waals surface area contributed by atoms with E-state index in [9.17, 15) is 44.4 Å². The highest BCUT2D eigenvalue weighted by atomic mass is 16.5. The van der Waals surface area contributed by atoms with Gasteiger partial charge in [0.25, 0.3) is 0 Å². The van der Waals surface area contributed by atoms with Crippen LogP contribution in [0.3, 0.4) is 0 Å². The molecule has 0 saturated carbocycles. The Kier molecular flexibility index (Phi) is 17.2. The van der Waals surface area contributed by atoms with Gasteiger partial charge in [0.1, 0.15) is 19.6 Å². The summed E-state index contributed by atoms with van der Waals surface area (Å²) in [5.41, 5.74) is 0. The van der Waals surface area contributed by atoms with Crippen molar-refractivity contribution in [3.63, 3.8) is 0 Å². The lowest BCUT2D eigenvalue weighted by atomic mass is 10.3. The first-order chi connectivity index (χ1) is 17.3. The van der Waals surface area contributed by atoms with E-state index in [1.165, 1.54) is 0 Å². The van der Waals surface area contributed by atoms with Gasteiger partial charge in [0, 0.05) is 40.4 Å². The van der Waals surface area contributed by atoms with Crippen LogP contribution >= 0.6 is 0 Å². The van der Waals surface area contributed by atoms with Crippen LogP contribution in [-0.4, -0.2) is 130 Å². The minimum absolute atomic E-state index is 0.295. The average molecular weight is 534 g/mol. The van der Waals surface area contributed by atoms with Gasteiger partial charge in [-0.25, -0.2) is 15.2 Å². The Morgan fingerprint density at radius 2 is 0.757 bits per heavy atom. The van der Waals surface area contributed by atoms with Gasteiger partial charge in [-0.1, -0.05) is 0 Å². The van der Waals surface area contributed by atoms with Gasteiger partial charge < -0.3 is 20.9 Å². The molecule has 0 aromatic heterocycles. The molecular formula is C21H39N7O9. The number of nitrogens with zero attached hydrogens (tertiary/aromatic N) is 4. The number of nitrogens with one attached hydrogen (secondary N) is 3. The first-order valence-electron chi connectivity index (χ1n) is 11.8. The van der Waals surface area contributed by atoms with Crippen LogP contribution in [0, 0.1) is 0 Å². The largest absolute Gasteiger partial charge is 0.354 e. The fourth-order valence-electron chi connectivity index (χ4n) is 2.84. The maximum Gasteiger partial charge on any atom is 0.243 e. The van der Waals surface area contributed by atoms with E-state index in [2.05, 4.69) is 16.0 Å². The maximum atomic E-state index is 11.7. The molecule has 0 aromatic rings. The zero-order chi connectivity index (χ0) is 28.4. The molecule has 0 unspecified atom stereocenters. The first kappa shape index (κ1) is 33.7. The summed E-state index contributed by atoms with van der Waals surface area (Å²) in [6.07, 6.45) is 1.64. The molecule has 0 aromatic carbocycles. The smallest absolute Gasteiger partial charge is 0.243 e. The molecule has 6 amide bonds. The lowest BCUT2D eigenvalue weighted by Gasteiger charge is -2.23. The van der Waals surface area contributed by atoms with Crippen LogP contribution in [0.1, 0.15) is 40.0 Å². The molecular weight excluding hydrogens is 494 g/mol. The summed E-state index contributed by atoms with van der Waals surface area (Å²) in [5.74, 6) is -3.49. The Morgan fingerprint density at radius 1 is 0.514 bits per heavy atom. The predicted molar refractivity (Wildman–Crippen MR) is 127 cm³/mol. The van der Waals surface area contributed by atoms with Crippen molar-refractivity contribution in [3.05, 3.63) is 0 Å². The monoisotopic (exact) mass is 533 g/mol. The SMILES string of the molecule is CC(=O)N(O)CC(=O)NCCCN(CCCNC(=O)CN(O)C(C)=O)CCCNC(=O)CN(O)C(C)=O. The second-order valence-electron chi connectivity index (χ2n) is 8.18. The van der Waals surface area contributed by atoms with Crippen molar-refractivity contribution in [2.24, 2.45) is 0 Å². The molecule has 6 N–H and O–H groups in total. The van der Waals surface area contributed by atoms with Crippen LogP contribution in [0.25, 0.3) is 0 Å². The molecule has 212 valence electrons. The fraction of sp³-hybridized carbons (Fsp3) is 0.714. The van der Waals surface area contributed by atoms with Crippen molar-refractivity contribution in [1.29, 1.82) is 0 Å². The third-order valence-electron chi connectivity index (χ3n) is 4.89. The molecule has 0 rings (SSSR count). The summed E-state index contributed by atoms with van der Waals surface area (Å²) in [6.45, 7) is 4.53. The van der Waals surface area contributed by atoms with Crippen molar-refractivity contribution < 1.29 is 44.4 Å². The number of amides is 6. The molecule has 37 heavy (non-hydrogen) atoms. The van der Waals surface area contributed by atoms with Crippen molar-refractivity contribution >= 4 is 35.4 Å². The van der Waals surface area contributed by atoms with Crippen molar-refractivity contribution in [2.75, 3.05) is 58.9 Å². The Bertz CT molecular complexity index is 682. The van der Waals surface area contributed by atoms with Gasteiger partial charge in [0.15, 0.2) is 0 Å². The number of hydrogen-bond acceptors (Lipinski definition) is 10. The van der Waals surface area contributed by atoms with Gasteiger partial charge >= 0.3 is 0 Å². The van der Waals surface area contributed by atoms with Gasteiger partial charge in [-0.3, -0.25) is 44.4 Å². The summed E-state index contributed by atoms with van der Waals surface area (Å²) in [6, 6.07) is 0. The Hall–Kier alpha value is -3.34. The maximum absolute atomic E-state index is 11.7. The van der Waals surface area contributed by atoms with Crippen molar-refractivity contribution in [1.82, 2.24) is 36.0 Å². The van der Waals surface area contributed by atoms with E-state index in [-0.39, 0.29) is 0 Å². The van der Waals surface area contributed by atoms with E-state index in [0.29, 0.717) is 73.7 Å². The Balaban J connectivity index is 4.52. The number of rotatable bonds is 18. The van der Waals surface area contributed by atoms with E-state index in [1.807, 2.05) is 4.90 Å². The number of carbonyl (C=O) groups excluding carboxylic acids is 6. The van der Waals surface area contributed by atoms with E-state index in [1.54, 1.807) is 0 Å². The lowest BCUT2D eigenvalue weighted by molar-refractivity contribution is -0.166. The minimum Gasteiger partial charge on any atom is -0.354 e. The third kappa shape index (κ3) is 17.7. The lowest BCUT2D eigenvalue weighted by Crippen LogP contribution is -2.40. The normalized spacial score (nSPS) is 10.5. The highest BCUT2D eigenvalue weighted by Gasteiger charge is 2.13. The standard InChI is InChI=1S/C21H39N7O9/c1-16(29)26(35)13-19(32)22-7-4-10-25(11-5-8-23-20(33)14-27(36)17(2)30)12-6-9-24-21(34)15-28(37)18(3)31/h35-37H,4-15H2,1-3H3,(H,22,32)(H,23,33)(H,24,34). The zero-order valence-electron chi connectivity index (χ0n) is 21.6. The van der Waals surface area contributed by atoms with Gasteiger partial charge in [-0.05, 0) is 38.9 Å². The van der Waals surface area contributed by atoms with Gasteiger partial charge in [-0.15, -0.1) is 0 Å². The predicted octanol–water partition coefficient (Wildman–Crippen LogP) is -2.48. The van der Waals surface area contributed by atoms with Gasteiger partial charge in [0.2, 0.25) is 35.4 Å². The molecule has 0 aliphatic heterocycles. The molecule has 0 radical (unpaired) electrons. The fourth-order valence-corrected chi connectivity index (χ4v) is 2.84. The summed E-state index contributed by atoms with van der Waals surface area (Å²) in [5, 5.41) is 36.6. The Morgan fingerprint density at radius 3 is 0.973 bits per heavy atom. The average Bonchev–Trinajstić information content (AvgIpc) is 2.81. The van der Waals surface area contributed by atoms with Gasteiger partial charge in [0.05, 0.1) is 0 Å². The van der Waals surface area contributed by atoms with E-state index in [0.717, 1.165) is 20.8 Å². The molecule has 0 fully saturated rings. The van der Waals surface area contributed by atoms with Crippen LogP contribution in [0.5, 0.6) is 0 Å². The number of hydrogen-bond donors (Lipinski definition) is 6. The zero-order valence-corrected chi connectivity index (χ0v) is 21.6. The molecule has 16 heteroatoms. The third-order valence-corrected chi connectivity index (χ3v) is 4.89. The van der Waals surface area contributed by atoms with E-state index < -0.39 is 55.1 Å². The topological polar surface area (TPSA) is 212 Å². The second-order valence-corrected chi connectivity index (χ2v) is 8.18. The van der Waals surface area contributed by atoms with E-state index >= 15 is 0 Å². The second kappa shape index (κ2) is 18.9. The van der Waals surface area contributed by atoms with E-state index in [4.69, 9.17) is 0 Å².